The van der Waals surface area contributed by atoms with E-state index < -0.39 is 10.8 Å². The molecule has 2 aliphatic rings. The van der Waals surface area contributed by atoms with Gasteiger partial charge in [0.15, 0.2) is 0 Å². The molecule has 0 spiro atoms. The summed E-state index contributed by atoms with van der Waals surface area (Å²) in [7, 11) is -1.59. The molecule has 0 saturated carbocycles. The fourth-order valence-corrected chi connectivity index (χ4v) is 7.11. The highest BCUT2D eigenvalue weighted by Crippen LogP contribution is 2.36. The highest BCUT2D eigenvalue weighted by Gasteiger charge is 2.33. The third-order valence-electron chi connectivity index (χ3n) is 7.76. The Morgan fingerprint density at radius 1 is 0.927 bits per heavy atom. The minimum Gasteiger partial charge on any atom is -0.365 e. The van der Waals surface area contributed by atoms with Crippen LogP contribution in [0.4, 0.5) is 11.4 Å². The van der Waals surface area contributed by atoms with Crippen LogP contribution in [0.5, 0.6) is 0 Å². The molecule has 0 unspecified atom stereocenters. The Labute approximate surface area is 247 Å². The van der Waals surface area contributed by atoms with E-state index in [1.165, 1.54) is 5.56 Å². The second-order valence-corrected chi connectivity index (χ2v) is 12.5. The van der Waals surface area contributed by atoms with Crippen LogP contribution in [0.15, 0.2) is 101 Å². The Morgan fingerprint density at radius 3 is 2.46 bits per heavy atom. The minimum absolute atomic E-state index is 0.102. The van der Waals surface area contributed by atoms with Crippen LogP contribution in [0.3, 0.4) is 0 Å². The lowest BCUT2D eigenvalue weighted by molar-refractivity contribution is 0.0726. The van der Waals surface area contributed by atoms with Gasteiger partial charge in [0.1, 0.15) is 0 Å². The zero-order valence-corrected chi connectivity index (χ0v) is 24.5. The molecular formula is C33H30ClN3O3S. The second kappa shape index (κ2) is 11.1. The maximum atomic E-state index is 13.9. The summed E-state index contributed by atoms with van der Waals surface area (Å²) in [5, 5.41) is 0.604. The van der Waals surface area contributed by atoms with Crippen molar-refractivity contribution in [3.63, 3.8) is 0 Å². The van der Waals surface area contributed by atoms with E-state index in [4.69, 9.17) is 11.6 Å². The smallest absolute Gasteiger partial charge is 0.259 e. The van der Waals surface area contributed by atoms with E-state index >= 15 is 0 Å². The number of benzene rings is 4. The molecule has 208 valence electrons. The van der Waals surface area contributed by atoms with Crippen LogP contribution in [-0.2, 0) is 17.3 Å². The Hall–Kier alpha value is -3.94. The maximum Gasteiger partial charge on any atom is 0.259 e. The van der Waals surface area contributed by atoms with Crippen molar-refractivity contribution in [2.75, 3.05) is 29.4 Å². The number of carbonyl (C=O) groups is 2. The first-order valence-electron chi connectivity index (χ1n) is 13.6. The number of carbonyl (C=O) groups excluding carboxylic acids is 2. The van der Waals surface area contributed by atoms with Crippen molar-refractivity contribution in [1.29, 1.82) is 0 Å². The Balaban J connectivity index is 1.33. The highest BCUT2D eigenvalue weighted by molar-refractivity contribution is 7.85. The van der Waals surface area contributed by atoms with Crippen LogP contribution in [0.25, 0.3) is 0 Å². The van der Waals surface area contributed by atoms with Gasteiger partial charge in [-0.05, 0) is 79.6 Å². The number of hydrogen-bond donors (Lipinski definition) is 0. The van der Waals surface area contributed by atoms with Crippen molar-refractivity contribution < 1.29 is 13.8 Å². The van der Waals surface area contributed by atoms with E-state index in [9.17, 15) is 13.8 Å². The fraction of sp³-hybridized carbons (Fsp3) is 0.212. The third-order valence-corrected chi connectivity index (χ3v) is 9.51. The SMILES string of the molecule is Cc1cccc(N2CCN(C(=O)c3ccc4c(c3)N(Cc3ccc(Cl)cc3)C(=O)c3ccccc3[S@@]4=O)C[C@H]2C)c1. The predicted molar refractivity (Wildman–Crippen MR) is 163 cm³/mol. The number of anilines is 2. The summed E-state index contributed by atoms with van der Waals surface area (Å²) in [5.41, 5.74) is 4.58. The largest absolute Gasteiger partial charge is 0.365 e. The van der Waals surface area contributed by atoms with Crippen molar-refractivity contribution in [3.05, 3.63) is 118 Å². The van der Waals surface area contributed by atoms with Crippen molar-refractivity contribution >= 4 is 45.6 Å². The molecule has 4 aromatic rings. The molecule has 2 atom stereocenters. The minimum atomic E-state index is -1.59. The number of piperazine rings is 1. The molecule has 2 aliphatic heterocycles. The Bertz CT molecular complexity index is 1670. The molecule has 6 nitrogen and oxygen atoms in total. The molecule has 41 heavy (non-hydrogen) atoms. The zero-order chi connectivity index (χ0) is 28.7. The molecule has 4 aromatic carbocycles. The van der Waals surface area contributed by atoms with Crippen molar-refractivity contribution in [1.82, 2.24) is 4.90 Å². The van der Waals surface area contributed by atoms with Crippen LogP contribution in [-0.4, -0.2) is 46.6 Å². The number of rotatable bonds is 4. The molecule has 0 aromatic heterocycles. The van der Waals surface area contributed by atoms with E-state index in [1.807, 2.05) is 17.0 Å². The van der Waals surface area contributed by atoms with Gasteiger partial charge in [0.2, 0.25) is 0 Å². The van der Waals surface area contributed by atoms with E-state index in [0.29, 0.717) is 44.7 Å². The summed E-state index contributed by atoms with van der Waals surface area (Å²) in [6.45, 7) is 6.35. The number of nitrogens with zero attached hydrogens (tertiary/aromatic N) is 3. The summed E-state index contributed by atoms with van der Waals surface area (Å²) in [6, 6.07) is 28.0. The predicted octanol–water partition coefficient (Wildman–Crippen LogP) is 6.33. The molecule has 6 rings (SSSR count). The van der Waals surface area contributed by atoms with E-state index in [2.05, 4.69) is 43.0 Å². The zero-order valence-electron chi connectivity index (χ0n) is 22.9. The molecule has 2 amide bonds. The molecule has 0 N–H and O–H groups in total. The van der Waals surface area contributed by atoms with E-state index in [-0.39, 0.29) is 24.4 Å². The summed E-state index contributed by atoms with van der Waals surface area (Å²) in [6.07, 6.45) is 0. The third kappa shape index (κ3) is 5.27. The summed E-state index contributed by atoms with van der Waals surface area (Å²) >= 11 is 6.10. The van der Waals surface area contributed by atoms with Crippen LogP contribution in [0.2, 0.25) is 5.02 Å². The summed E-state index contributed by atoms with van der Waals surface area (Å²) in [5.74, 6) is -0.359. The topological polar surface area (TPSA) is 60.9 Å². The second-order valence-electron chi connectivity index (χ2n) is 10.6. The molecule has 1 fully saturated rings. The standard InChI is InChI=1S/C33H30ClN3O3S/c1-22-6-5-7-27(18-22)36-17-16-35(20-23(36)2)32(38)25-12-15-31-29(19-25)37(21-24-10-13-26(34)14-11-24)33(39)28-8-3-4-9-30(28)41(31)40/h3-15,18-19,23H,16-17,20-21H2,1-2H3/t23-,41+/m1/s1. The Kier molecular flexibility index (Phi) is 7.41. The van der Waals surface area contributed by atoms with Gasteiger partial charge in [0.25, 0.3) is 11.8 Å². The van der Waals surface area contributed by atoms with Crippen molar-refractivity contribution in [2.24, 2.45) is 0 Å². The number of halogens is 1. The van der Waals surface area contributed by atoms with Gasteiger partial charge in [0, 0.05) is 41.9 Å². The highest BCUT2D eigenvalue weighted by atomic mass is 35.5. The average molecular weight is 584 g/mol. The van der Waals surface area contributed by atoms with Crippen LogP contribution < -0.4 is 9.80 Å². The summed E-state index contributed by atoms with van der Waals surface area (Å²) in [4.78, 5) is 34.5. The summed E-state index contributed by atoms with van der Waals surface area (Å²) < 4.78 is 13.8. The van der Waals surface area contributed by atoms with Gasteiger partial charge in [-0.3, -0.25) is 9.59 Å². The van der Waals surface area contributed by atoms with Gasteiger partial charge in [0.05, 0.1) is 38.4 Å². The molecule has 0 bridgehead atoms. The number of aryl methyl sites for hydroxylation is 1. The number of amides is 2. The molecule has 1 saturated heterocycles. The molecule has 0 radical (unpaired) electrons. The molecular weight excluding hydrogens is 554 g/mol. The van der Waals surface area contributed by atoms with Gasteiger partial charge < -0.3 is 14.7 Å². The van der Waals surface area contributed by atoms with Gasteiger partial charge in [-0.1, -0.05) is 48.0 Å². The van der Waals surface area contributed by atoms with Crippen LogP contribution in [0.1, 0.15) is 38.8 Å². The molecule has 2 heterocycles. The first kappa shape index (κ1) is 27.2. The van der Waals surface area contributed by atoms with E-state index in [0.717, 1.165) is 17.8 Å². The quantitative estimate of drug-likeness (QED) is 0.282. The average Bonchev–Trinajstić information content (AvgIpc) is 3.07. The number of hydrogen-bond acceptors (Lipinski definition) is 4. The first-order chi connectivity index (χ1) is 19.8. The first-order valence-corrected chi connectivity index (χ1v) is 15.2. The van der Waals surface area contributed by atoms with E-state index in [1.54, 1.807) is 59.5 Å². The molecule has 8 heteroatoms. The van der Waals surface area contributed by atoms with Crippen LogP contribution >= 0.6 is 11.6 Å². The normalized spacial score (nSPS) is 18.5. The lowest BCUT2D eigenvalue weighted by Crippen LogP contribution is -2.53. The monoisotopic (exact) mass is 583 g/mol. The maximum absolute atomic E-state index is 13.9. The van der Waals surface area contributed by atoms with Crippen LogP contribution in [0, 0.1) is 6.92 Å². The van der Waals surface area contributed by atoms with Gasteiger partial charge >= 0.3 is 0 Å². The van der Waals surface area contributed by atoms with Crippen molar-refractivity contribution in [3.8, 4) is 0 Å². The lowest BCUT2D eigenvalue weighted by Gasteiger charge is -2.41. The lowest BCUT2D eigenvalue weighted by atomic mass is 10.1. The molecule has 0 aliphatic carbocycles. The van der Waals surface area contributed by atoms with Gasteiger partial charge in [-0.2, -0.15) is 0 Å². The van der Waals surface area contributed by atoms with Gasteiger partial charge in [-0.25, -0.2) is 4.21 Å². The number of fused-ring (bicyclic) bond motifs is 2. The van der Waals surface area contributed by atoms with Crippen molar-refractivity contribution in [2.45, 2.75) is 36.2 Å². The fourth-order valence-electron chi connectivity index (χ4n) is 5.64. The van der Waals surface area contributed by atoms with Gasteiger partial charge in [-0.15, -0.1) is 0 Å². The Morgan fingerprint density at radius 2 is 1.71 bits per heavy atom.